The summed E-state index contributed by atoms with van der Waals surface area (Å²) >= 11 is 0. The highest BCUT2D eigenvalue weighted by atomic mass is 32.2. The quantitative estimate of drug-likeness (QED) is 0.366. The standard InChI is InChI=1S/C30H34FN3O6S/c1-21(2)18-32-30(36)22(3)33(19-23-9-7-8-12-26(23)31)29(35)20-34(41(37,38)25-10-5-4-6-11-25)24-13-14-27-28(17-24)40-16-15-39-27/h4-14,17,21-22H,15-16,18-20H2,1-3H3,(H,32,36)/t22-/m0/s1. The Hall–Kier alpha value is -4.12. The number of hydrogen-bond donors (Lipinski definition) is 1. The Balaban J connectivity index is 1.72. The average molecular weight is 584 g/mol. The lowest BCUT2D eigenvalue weighted by Gasteiger charge is -2.32. The number of nitrogens with one attached hydrogen (secondary N) is 1. The normalized spacial score (nSPS) is 13.4. The first kappa shape index (κ1) is 29.9. The van der Waals surface area contributed by atoms with E-state index in [0.717, 1.165) is 4.31 Å². The van der Waals surface area contributed by atoms with Gasteiger partial charge in [-0.15, -0.1) is 0 Å². The number of hydrogen-bond acceptors (Lipinski definition) is 6. The van der Waals surface area contributed by atoms with Gasteiger partial charge in [-0.25, -0.2) is 12.8 Å². The van der Waals surface area contributed by atoms with Crippen LogP contribution in [-0.4, -0.2) is 57.5 Å². The van der Waals surface area contributed by atoms with Gasteiger partial charge >= 0.3 is 0 Å². The van der Waals surface area contributed by atoms with Crippen LogP contribution < -0.4 is 19.1 Å². The molecule has 11 heteroatoms. The first-order valence-electron chi connectivity index (χ1n) is 13.4. The van der Waals surface area contributed by atoms with E-state index in [1.54, 1.807) is 30.3 Å². The van der Waals surface area contributed by atoms with E-state index in [0.29, 0.717) is 31.3 Å². The smallest absolute Gasteiger partial charge is 0.264 e. The molecule has 2 amide bonds. The van der Waals surface area contributed by atoms with Gasteiger partial charge in [0, 0.05) is 24.7 Å². The highest BCUT2D eigenvalue weighted by molar-refractivity contribution is 7.92. The molecule has 3 aromatic rings. The summed E-state index contributed by atoms with van der Waals surface area (Å²) in [6.45, 7) is 5.57. The molecule has 9 nitrogen and oxygen atoms in total. The second-order valence-corrected chi connectivity index (χ2v) is 11.9. The van der Waals surface area contributed by atoms with Crippen LogP contribution in [-0.2, 0) is 26.2 Å². The van der Waals surface area contributed by atoms with E-state index in [-0.39, 0.29) is 28.6 Å². The second-order valence-electron chi connectivity index (χ2n) is 10.1. The van der Waals surface area contributed by atoms with E-state index in [1.165, 1.54) is 54.3 Å². The molecule has 0 bridgehead atoms. The summed E-state index contributed by atoms with van der Waals surface area (Å²) in [6, 6.07) is 17.3. The largest absolute Gasteiger partial charge is 0.486 e. The fourth-order valence-corrected chi connectivity index (χ4v) is 5.71. The molecule has 0 spiro atoms. The Morgan fingerprint density at radius 2 is 1.59 bits per heavy atom. The van der Waals surface area contributed by atoms with Crippen LogP contribution in [0.4, 0.5) is 10.1 Å². The minimum absolute atomic E-state index is 0.0222. The molecule has 0 radical (unpaired) electrons. The molecule has 0 fully saturated rings. The minimum Gasteiger partial charge on any atom is -0.486 e. The van der Waals surface area contributed by atoms with Crippen LogP contribution in [0.25, 0.3) is 0 Å². The number of amides is 2. The third-order valence-electron chi connectivity index (χ3n) is 6.57. The van der Waals surface area contributed by atoms with Crippen LogP contribution in [0.5, 0.6) is 11.5 Å². The zero-order valence-electron chi connectivity index (χ0n) is 23.2. The Labute approximate surface area is 239 Å². The Morgan fingerprint density at radius 3 is 2.27 bits per heavy atom. The van der Waals surface area contributed by atoms with Gasteiger partial charge in [-0.2, -0.15) is 0 Å². The fourth-order valence-electron chi connectivity index (χ4n) is 4.28. The summed E-state index contributed by atoms with van der Waals surface area (Å²) in [7, 11) is -4.24. The van der Waals surface area contributed by atoms with Crippen LogP contribution in [0.3, 0.4) is 0 Å². The van der Waals surface area contributed by atoms with E-state index < -0.39 is 40.2 Å². The molecule has 0 saturated carbocycles. The van der Waals surface area contributed by atoms with Crippen molar-refractivity contribution >= 4 is 27.5 Å². The summed E-state index contributed by atoms with van der Waals surface area (Å²) < 4.78 is 54.7. The number of benzene rings is 3. The molecule has 1 aliphatic heterocycles. The van der Waals surface area contributed by atoms with Crippen LogP contribution in [0.2, 0.25) is 0 Å². The molecule has 0 aliphatic carbocycles. The van der Waals surface area contributed by atoms with Gasteiger partial charge < -0.3 is 19.7 Å². The highest BCUT2D eigenvalue weighted by Crippen LogP contribution is 2.36. The lowest BCUT2D eigenvalue weighted by Crippen LogP contribution is -2.51. The molecule has 1 N–H and O–H groups in total. The maximum Gasteiger partial charge on any atom is 0.264 e. The van der Waals surface area contributed by atoms with Crippen molar-refractivity contribution in [1.29, 1.82) is 0 Å². The van der Waals surface area contributed by atoms with Crippen LogP contribution in [0.15, 0.2) is 77.7 Å². The predicted octanol–water partition coefficient (Wildman–Crippen LogP) is 3.98. The predicted molar refractivity (Wildman–Crippen MR) is 153 cm³/mol. The molecule has 4 rings (SSSR count). The number of sulfonamides is 1. The topological polar surface area (TPSA) is 105 Å². The molecule has 41 heavy (non-hydrogen) atoms. The number of anilines is 1. The molecule has 0 unspecified atom stereocenters. The van der Waals surface area contributed by atoms with E-state index >= 15 is 0 Å². The Morgan fingerprint density at radius 1 is 0.927 bits per heavy atom. The maximum atomic E-state index is 14.7. The number of rotatable bonds is 11. The van der Waals surface area contributed by atoms with Gasteiger partial charge in [0.05, 0.1) is 10.6 Å². The molecule has 1 atom stereocenters. The molecule has 218 valence electrons. The number of nitrogens with zero attached hydrogens (tertiary/aromatic N) is 2. The van der Waals surface area contributed by atoms with Crippen molar-refractivity contribution in [2.45, 2.75) is 38.3 Å². The van der Waals surface area contributed by atoms with Gasteiger partial charge in [-0.3, -0.25) is 13.9 Å². The molecule has 3 aromatic carbocycles. The fraction of sp³-hybridized carbons (Fsp3) is 0.333. The van der Waals surface area contributed by atoms with Crippen molar-refractivity contribution in [3.63, 3.8) is 0 Å². The van der Waals surface area contributed by atoms with Crippen molar-refractivity contribution in [2.24, 2.45) is 5.92 Å². The van der Waals surface area contributed by atoms with E-state index in [4.69, 9.17) is 9.47 Å². The van der Waals surface area contributed by atoms with Crippen molar-refractivity contribution in [3.05, 3.63) is 84.2 Å². The van der Waals surface area contributed by atoms with Gasteiger partial charge in [0.25, 0.3) is 10.0 Å². The number of carbonyl (C=O) groups is 2. The second kappa shape index (κ2) is 13.0. The molecule has 1 aliphatic rings. The highest BCUT2D eigenvalue weighted by Gasteiger charge is 2.33. The van der Waals surface area contributed by atoms with Gasteiger partial charge in [0.2, 0.25) is 11.8 Å². The molecule has 1 heterocycles. The summed E-state index contributed by atoms with van der Waals surface area (Å²) in [5.74, 6) is -0.682. The number of carbonyl (C=O) groups excluding carboxylic acids is 2. The summed E-state index contributed by atoms with van der Waals surface area (Å²) in [6.07, 6.45) is 0. The van der Waals surface area contributed by atoms with Crippen LogP contribution in [0, 0.1) is 11.7 Å². The van der Waals surface area contributed by atoms with Crippen molar-refractivity contribution in [1.82, 2.24) is 10.2 Å². The van der Waals surface area contributed by atoms with Crippen molar-refractivity contribution in [2.75, 3.05) is 30.6 Å². The van der Waals surface area contributed by atoms with Crippen molar-refractivity contribution in [3.8, 4) is 11.5 Å². The number of halogens is 1. The Bertz CT molecular complexity index is 1480. The van der Waals surface area contributed by atoms with Crippen LogP contribution >= 0.6 is 0 Å². The average Bonchev–Trinajstić information content (AvgIpc) is 2.97. The zero-order chi connectivity index (χ0) is 29.6. The van der Waals surface area contributed by atoms with Crippen molar-refractivity contribution < 1.29 is 31.9 Å². The minimum atomic E-state index is -4.24. The van der Waals surface area contributed by atoms with E-state index in [2.05, 4.69) is 5.32 Å². The summed E-state index contributed by atoms with van der Waals surface area (Å²) in [5, 5.41) is 2.80. The summed E-state index contributed by atoms with van der Waals surface area (Å²) in [4.78, 5) is 28.2. The zero-order valence-corrected chi connectivity index (χ0v) is 24.1. The van der Waals surface area contributed by atoms with E-state index in [9.17, 15) is 22.4 Å². The lowest BCUT2D eigenvalue weighted by molar-refractivity contribution is -0.139. The third-order valence-corrected chi connectivity index (χ3v) is 8.36. The van der Waals surface area contributed by atoms with Gasteiger partial charge in [-0.1, -0.05) is 50.2 Å². The number of ether oxygens (including phenoxy) is 2. The monoisotopic (exact) mass is 583 g/mol. The van der Waals surface area contributed by atoms with Gasteiger partial charge in [-0.05, 0) is 43.2 Å². The molecule has 0 saturated heterocycles. The maximum absolute atomic E-state index is 14.7. The Kier molecular flexibility index (Phi) is 9.49. The van der Waals surface area contributed by atoms with E-state index in [1.807, 2.05) is 13.8 Å². The van der Waals surface area contributed by atoms with Gasteiger partial charge in [0.1, 0.15) is 31.6 Å². The summed E-state index contributed by atoms with van der Waals surface area (Å²) in [5.41, 5.74) is 0.371. The first-order chi connectivity index (χ1) is 19.6. The molecular formula is C30H34FN3O6S. The SMILES string of the molecule is CC(C)CNC(=O)[C@H](C)N(Cc1ccccc1F)C(=O)CN(c1ccc2c(c1)OCCO2)S(=O)(=O)c1ccccc1. The molecular weight excluding hydrogens is 549 g/mol. The lowest BCUT2D eigenvalue weighted by atomic mass is 10.1. The first-order valence-corrected chi connectivity index (χ1v) is 14.8. The van der Waals surface area contributed by atoms with Gasteiger partial charge in [0.15, 0.2) is 11.5 Å². The third kappa shape index (κ3) is 7.15. The molecule has 0 aromatic heterocycles. The number of fused-ring (bicyclic) bond motifs is 1. The van der Waals surface area contributed by atoms with Crippen LogP contribution in [0.1, 0.15) is 26.3 Å².